The number of aryl methyl sites for hydroxylation is 1. The third kappa shape index (κ3) is 2.09. The first-order valence-corrected chi connectivity index (χ1v) is 5.69. The van der Waals surface area contributed by atoms with Crippen molar-refractivity contribution in [3.05, 3.63) is 35.4 Å². The van der Waals surface area contributed by atoms with Gasteiger partial charge in [-0.3, -0.25) is 4.79 Å². The molecule has 0 saturated carbocycles. The Morgan fingerprint density at radius 1 is 1.44 bits per heavy atom. The highest BCUT2D eigenvalue weighted by Gasteiger charge is 2.32. The first-order valence-electron chi connectivity index (χ1n) is 5.69. The minimum atomic E-state index is -0.694. The number of hydrogen-bond donors (Lipinski definition) is 2. The van der Waals surface area contributed by atoms with E-state index >= 15 is 0 Å². The third-order valence-corrected chi connectivity index (χ3v) is 3.39. The zero-order valence-electron chi connectivity index (χ0n) is 9.44. The van der Waals surface area contributed by atoms with Gasteiger partial charge in [0.2, 0.25) is 0 Å². The van der Waals surface area contributed by atoms with Gasteiger partial charge in [-0.05, 0) is 36.9 Å². The van der Waals surface area contributed by atoms with Crippen molar-refractivity contribution in [2.24, 2.45) is 5.92 Å². The minimum Gasteiger partial charge on any atom is -0.481 e. The summed E-state index contributed by atoms with van der Waals surface area (Å²) in [6.07, 6.45) is 0.905. The quantitative estimate of drug-likeness (QED) is 0.797. The summed E-state index contributed by atoms with van der Waals surface area (Å²) < 4.78 is 0. The maximum atomic E-state index is 11.2. The van der Waals surface area contributed by atoms with Gasteiger partial charge in [0.15, 0.2) is 0 Å². The second-order valence-electron chi connectivity index (χ2n) is 4.40. The normalized spacial score (nSPS) is 25.3. The van der Waals surface area contributed by atoms with Gasteiger partial charge in [-0.2, -0.15) is 0 Å². The van der Waals surface area contributed by atoms with Crippen molar-refractivity contribution in [2.45, 2.75) is 19.3 Å². The molecule has 1 aliphatic heterocycles. The summed E-state index contributed by atoms with van der Waals surface area (Å²) in [5.41, 5.74) is 2.39. The Morgan fingerprint density at radius 3 is 2.88 bits per heavy atom. The van der Waals surface area contributed by atoms with E-state index in [-0.39, 0.29) is 11.8 Å². The van der Waals surface area contributed by atoms with Crippen LogP contribution in [0.5, 0.6) is 0 Å². The first kappa shape index (κ1) is 11.1. The summed E-state index contributed by atoms with van der Waals surface area (Å²) in [6.45, 7) is 3.54. The van der Waals surface area contributed by atoms with Crippen molar-refractivity contribution >= 4 is 5.97 Å². The van der Waals surface area contributed by atoms with Crippen LogP contribution in [-0.4, -0.2) is 24.2 Å². The molecule has 1 aromatic rings. The number of carbonyl (C=O) groups is 1. The van der Waals surface area contributed by atoms with Crippen LogP contribution in [0.4, 0.5) is 0 Å². The Morgan fingerprint density at radius 2 is 2.19 bits per heavy atom. The number of carboxylic acids is 1. The lowest BCUT2D eigenvalue weighted by molar-refractivity contribution is -0.142. The monoisotopic (exact) mass is 219 g/mol. The Kier molecular flexibility index (Phi) is 3.25. The highest BCUT2D eigenvalue weighted by atomic mass is 16.4. The molecule has 1 aliphatic rings. The molecule has 0 spiro atoms. The van der Waals surface area contributed by atoms with Crippen LogP contribution in [0.1, 0.15) is 23.5 Å². The van der Waals surface area contributed by atoms with Gasteiger partial charge < -0.3 is 10.4 Å². The average molecular weight is 219 g/mol. The summed E-state index contributed by atoms with van der Waals surface area (Å²) >= 11 is 0. The van der Waals surface area contributed by atoms with Crippen LogP contribution in [0.3, 0.4) is 0 Å². The van der Waals surface area contributed by atoms with E-state index in [1.165, 1.54) is 11.1 Å². The maximum Gasteiger partial charge on any atom is 0.308 e. The molecule has 2 rings (SSSR count). The zero-order valence-corrected chi connectivity index (χ0v) is 9.44. The highest BCUT2D eigenvalue weighted by Crippen LogP contribution is 2.32. The number of piperidine rings is 1. The fourth-order valence-electron chi connectivity index (χ4n) is 2.49. The van der Waals surface area contributed by atoms with Crippen LogP contribution in [0, 0.1) is 12.8 Å². The van der Waals surface area contributed by atoms with E-state index in [4.69, 9.17) is 0 Å². The molecule has 2 N–H and O–H groups in total. The van der Waals surface area contributed by atoms with E-state index in [1.54, 1.807) is 0 Å². The summed E-state index contributed by atoms with van der Waals surface area (Å²) in [4.78, 5) is 11.2. The molecule has 1 fully saturated rings. The SMILES string of the molecule is Cc1ccccc1[C@H]1CCNC[C@@H]1C(=O)O. The van der Waals surface area contributed by atoms with Gasteiger partial charge >= 0.3 is 5.97 Å². The molecule has 3 nitrogen and oxygen atoms in total. The molecule has 1 saturated heterocycles. The summed E-state index contributed by atoms with van der Waals surface area (Å²) in [5, 5.41) is 12.4. The van der Waals surface area contributed by atoms with Crippen LogP contribution < -0.4 is 5.32 Å². The van der Waals surface area contributed by atoms with E-state index in [0.717, 1.165) is 13.0 Å². The molecule has 0 amide bonds. The molecule has 1 aromatic carbocycles. The van der Waals surface area contributed by atoms with Crippen molar-refractivity contribution < 1.29 is 9.90 Å². The molecule has 0 bridgehead atoms. The molecule has 0 aromatic heterocycles. The smallest absolute Gasteiger partial charge is 0.308 e. The second kappa shape index (κ2) is 4.66. The van der Waals surface area contributed by atoms with Gasteiger partial charge in [0.1, 0.15) is 0 Å². The van der Waals surface area contributed by atoms with Crippen LogP contribution in [0.25, 0.3) is 0 Å². The van der Waals surface area contributed by atoms with Gasteiger partial charge in [-0.15, -0.1) is 0 Å². The number of rotatable bonds is 2. The second-order valence-corrected chi connectivity index (χ2v) is 4.40. The van der Waals surface area contributed by atoms with Gasteiger partial charge in [0.25, 0.3) is 0 Å². The summed E-state index contributed by atoms with van der Waals surface area (Å²) in [6, 6.07) is 8.09. The van der Waals surface area contributed by atoms with Crippen molar-refractivity contribution in [2.75, 3.05) is 13.1 Å². The predicted molar refractivity (Wildman–Crippen MR) is 62.5 cm³/mol. The third-order valence-electron chi connectivity index (χ3n) is 3.39. The lowest BCUT2D eigenvalue weighted by Gasteiger charge is -2.30. The molecular weight excluding hydrogens is 202 g/mol. The van der Waals surface area contributed by atoms with E-state index < -0.39 is 5.97 Å². The molecule has 2 atom stereocenters. The molecule has 3 heteroatoms. The first-order chi connectivity index (χ1) is 7.70. The molecule has 16 heavy (non-hydrogen) atoms. The lowest BCUT2D eigenvalue weighted by Crippen LogP contribution is -2.39. The number of benzene rings is 1. The predicted octanol–water partition coefficient (Wildman–Crippen LogP) is 1.77. The summed E-state index contributed by atoms with van der Waals surface area (Å²) in [7, 11) is 0. The van der Waals surface area contributed by atoms with Gasteiger partial charge in [-0.1, -0.05) is 24.3 Å². The Labute approximate surface area is 95.5 Å². The summed E-state index contributed by atoms with van der Waals surface area (Å²) in [5.74, 6) is -0.838. The van der Waals surface area contributed by atoms with E-state index in [2.05, 4.69) is 24.4 Å². The van der Waals surface area contributed by atoms with Crippen LogP contribution in [-0.2, 0) is 4.79 Å². The van der Waals surface area contributed by atoms with Crippen LogP contribution in [0.15, 0.2) is 24.3 Å². The van der Waals surface area contributed by atoms with Crippen molar-refractivity contribution in [3.8, 4) is 0 Å². The molecule has 0 unspecified atom stereocenters. The van der Waals surface area contributed by atoms with E-state index in [1.807, 2.05) is 12.1 Å². The molecule has 1 heterocycles. The van der Waals surface area contributed by atoms with Crippen molar-refractivity contribution in [3.63, 3.8) is 0 Å². The molecule has 86 valence electrons. The lowest BCUT2D eigenvalue weighted by atomic mass is 9.79. The van der Waals surface area contributed by atoms with Gasteiger partial charge in [0, 0.05) is 6.54 Å². The highest BCUT2D eigenvalue weighted by molar-refractivity contribution is 5.72. The fourth-order valence-corrected chi connectivity index (χ4v) is 2.49. The van der Waals surface area contributed by atoms with Gasteiger partial charge in [0.05, 0.1) is 5.92 Å². The molecule has 0 radical (unpaired) electrons. The number of nitrogens with one attached hydrogen (secondary N) is 1. The largest absolute Gasteiger partial charge is 0.481 e. The standard InChI is InChI=1S/C13H17NO2/c1-9-4-2-3-5-10(9)11-6-7-14-8-12(11)13(15)16/h2-5,11-12,14H,6-8H2,1H3,(H,15,16)/t11-,12+/m1/s1. The number of aliphatic carboxylic acids is 1. The van der Waals surface area contributed by atoms with E-state index in [0.29, 0.717) is 6.54 Å². The van der Waals surface area contributed by atoms with E-state index in [9.17, 15) is 9.90 Å². The van der Waals surface area contributed by atoms with Crippen LogP contribution in [0.2, 0.25) is 0 Å². The Balaban J connectivity index is 2.30. The van der Waals surface area contributed by atoms with Crippen molar-refractivity contribution in [1.82, 2.24) is 5.32 Å². The van der Waals surface area contributed by atoms with Crippen molar-refractivity contribution in [1.29, 1.82) is 0 Å². The number of hydrogen-bond acceptors (Lipinski definition) is 2. The van der Waals surface area contributed by atoms with Gasteiger partial charge in [-0.25, -0.2) is 0 Å². The Bertz CT molecular complexity index is 389. The average Bonchev–Trinajstić information content (AvgIpc) is 2.29. The van der Waals surface area contributed by atoms with Crippen LogP contribution >= 0.6 is 0 Å². The fraction of sp³-hybridized carbons (Fsp3) is 0.462. The molecular formula is C13H17NO2. The number of carboxylic acid groups (broad SMARTS) is 1. The topological polar surface area (TPSA) is 49.3 Å². The minimum absolute atomic E-state index is 0.153. The Hall–Kier alpha value is -1.35. The maximum absolute atomic E-state index is 11.2. The zero-order chi connectivity index (χ0) is 11.5. The molecule has 0 aliphatic carbocycles.